The Morgan fingerprint density at radius 2 is 1.70 bits per heavy atom. The summed E-state index contributed by atoms with van der Waals surface area (Å²) in [6.45, 7) is 0. The summed E-state index contributed by atoms with van der Waals surface area (Å²) in [6, 6.07) is 8.92. The first kappa shape index (κ1) is 14.6. The zero-order chi connectivity index (χ0) is 14.8. The fourth-order valence-corrected chi connectivity index (χ4v) is 2.22. The third-order valence-corrected chi connectivity index (χ3v) is 3.38. The van der Waals surface area contributed by atoms with Gasteiger partial charge in [-0.15, -0.1) is 0 Å². The minimum Gasteiger partial charge on any atom is -0.347 e. The van der Waals surface area contributed by atoms with Crippen LogP contribution in [0.2, 0.25) is 0 Å². The van der Waals surface area contributed by atoms with Crippen LogP contribution >= 0.6 is 0 Å². The number of ketones is 1. The van der Waals surface area contributed by atoms with E-state index in [0.717, 1.165) is 0 Å². The van der Waals surface area contributed by atoms with Crippen LogP contribution < -0.4 is 11.5 Å². The molecule has 0 amide bonds. The minimum absolute atomic E-state index is 0.150. The summed E-state index contributed by atoms with van der Waals surface area (Å²) < 4.78 is 10.5. The summed E-state index contributed by atoms with van der Waals surface area (Å²) in [5.74, 6) is -1.43. The highest BCUT2D eigenvalue weighted by atomic mass is 16.7. The van der Waals surface area contributed by atoms with E-state index in [4.69, 9.17) is 20.9 Å². The van der Waals surface area contributed by atoms with Crippen LogP contribution in [0.15, 0.2) is 54.1 Å². The lowest BCUT2D eigenvalue weighted by Gasteiger charge is -2.41. The molecule has 0 heterocycles. The third kappa shape index (κ3) is 2.32. The van der Waals surface area contributed by atoms with Crippen LogP contribution in [0.25, 0.3) is 0 Å². The molecular weight excluding hydrogens is 256 g/mol. The predicted octanol–water partition coefficient (Wildman–Crippen LogP) is 0.968. The summed E-state index contributed by atoms with van der Waals surface area (Å²) in [5, 5.41) is 0. The highest BCUT2D eigenvalue weighted by Crippen LogP contribution is 2.30. The largest absolute Gasteiger partial charge is 0.347 e. The predicted molar refractivity (Wildman–Crippen MR) is 75.9 cm³/mol. The minimum atomic E-state index is -1.44. The van der Waals surface area contributed by atoms with E-state index in [1.54, 1.807) is 36.4 Å². The molecule has 1 aromatic rings. The Morgan fingerprint density at radius 1 is 1.10 bits per heavy atom. The number of ether oxygens (including phenoxy) is 2. The summed E-state index contributed by atoms with van der Waals surface area (Å²) >= 11 is 0. The second kappa shape index (κ2) is 5.30. The van der Waals surface area contributed by atoms with Crippen molar-refractivity contribution in [3.63, 3.8) is 0 Å². The van der Waals surface area contributed by atoms with Gasteiger partial charge in [0.2, 0.25) is 5.79 Å². The van der Waals surface area contributed by atoms with E-state index in [2.05, 4.69) is 0 Å². The molecule has 0 aliphatic heterocycles. The van der Waals surface area contributed by atoms with Crippen LogP contribution in [0.5, 0.6) is 0 Å². The molecule has 5 heteroatoms. The normalized spacial score (nSPS) is 19.5. The van der Waals surface area contributed by atoms with Gasteiger partial charge in [0.25, 0.3) is 0 Å². The van der Waals surface area contributed by atoms with Crippen molar-refractivity contribution in [2.45, 2.75) is 11.4 Å². The van der Waals surface area contributed by atoms with Gasteiger partial charge in [-0.2, -0.15) is 0 Å². The van der Waals surface area contributed by atoms with Gasteiger partial charge >= 0.3 is 0 Å². The number of benzene rings is 1. The average Bonchev–Trinajstić information content (AvgIpc) is 2.47. The van der Waals surface area contributed by atoms with Crippen molar-refractivity contribution in [3.8, 4) is 0 Å². The number of nitrogens with two attached hydrogens (primary N) is 2. The molecule has 1 aromatic carbocycles. The van der Waals surface area contributed by atoms with Crippen LogP contribution in [0.1, 0.15) is 10.4 Å². The van der Waals surface area contributed by atoms with Gasteiger partial charge in [0, 0.05) is 25.4 Å². The lowest BCUT2D eigenvalue weighted by molar-refractivity contribution is -0.202. The monoisotopic (exact) mass is 274 g/mol. The van der Waals surface area contributed by atoms with Crippen LogP contribution in [0.3, 0.4) is 0 Å². The molecule has 0 bridgehead atoms. The zero-order valence-corrected chi connectivity index (χ0v) is 11.5. The molecule has 106 valence electrons. The molecule has 2 rings (SSSR count). The standard InChI is InChI=1S/C15H18N2O3/c1-19-15(20-2)9-8-12(10-14(15,16)17)13(18)11-6-4-3-5-7-11/h3-10H,16-17H2,1-2H3. The number of rotatable bonds is 4. The van der Waals surface area contributed by atoms with Gasteiger partial charge in [-0.3, -0.25) is 4.79 Å². The fraction of sp³-hybridized carbons (Fsp3) is 0.267. The number of hydrogen-bond acceptors (Lipinski definition) is 5. The molecule has 1 aliphatic carbocycles. The summed E-state index contributed by atoms with van der Waals surface area (Å²) in [4.78, 5) is 12.4. The number of hydrogen-bond donors (Lipinski definition) is 2. The average molecular weight is 274 g/mol. The molecule has 5 nitrogen and oxygen atoms in total. The van der Waals surface area contributed by atoms with Crippen molar-refractivity contribution >= 4 is 5.78 Å². The molecule has 4 N–H and O–H groups in total. The van der Waals surface area contributed by atoms with Crippen molar-refractivity contribution in [1.29, 1.82) is 0 Å². The van der Waals surface area contributed by atoms with Gasteiger partial charge in [-0.1, -0.05) is 30.3 Å². The molecule has 0 saturated heterocycles. The van der Waals surface area contributed by atoms with Crippen LogP contribution in [-0.4, -0.2) is 31.5 Å². The van der Waals surface area contributed by atoms with Crippen molar-refractivity contribution in [2.75, 3.05) is 14.2 Å². The van der Waals surface area contributed by atoms with E-state index >= 15 is 0 Å². The molecular formula is C15H18N2O3. The first-order valence-corrected chi connectivity index (χ1v) is 6.15. The maximum Gasteiger partial charge on any atom is 0.223 e. The molecule has 0 spiro atoms. The van der Waals surface area contributed by atoms with Crippen LogP contribution in [0, 0.1) is 0 Å². The lowest BCUT2D eigenvalue weighted by Crippen LogP contribution is -2.67. The fourth-order valence-electron chi connectivity index (χ4n) is 2.22. The van der Waals surface area contributed by atoms with Gasteiger partial charge in [-0.25, -0.2) is 0 Å². The number of Topliss-reactive ketones (excluding diaryl/α,β-unsaturated/α-hetero) is 1. The number of carbonyl (C=O) groups excluding carboxylic acids is 1. The Bertz CT molecular complexity index is 558. The van der Waals surface area contributed by atoms with E-state index in [-0.39, 0.29) is 5.78 Å². The topological polar surface area (TPSA) is 87.6 Å². The van der Waals surface area contributed by atoms with E-state index in [1.165, 1.54) is 20.3 Å². The molecule has 0 fully saturated rings. The molecule has 0 aromatic heterocycles. The quantitative estimate of drug-likeness (QED) is 0.631. The maximum atomic E-state index is 12.4. The Labute approximate surface area is 117 Å². The van der Waals surface area contributed by atoms with Crippen molar-refractivity contribution in [3.05, 3.63) is 59.7 Å². The van der Waals surface area contributed by atoms with Crippen molar-refractivity contribution in [2.24, 2.45) is 11.5 Å². The number of methoxy groups -OCH3 is 2. The highest BCUT2D eigenvalue weighted by molar-refractivity contribution is 6.10. The van der Waals surface area contributed by atoms with E-state index in [0.29, 0.717) is 11.1 Å². The smallest absolute Gasteiger partial charge is 0.223 e. The Morgan fingerprint density at radius 3 is 2.20 bits per heavy atom. The van der Waals surface area contributed by atoms with Crippen LogP contribution in [-0.2, 0) is 9.47 Å². The van der Waals surface area contributed by atoms with Gasteiger partial charge < -0.3 is 20.9 Å². The Kier molecular flexibility index (Phi) is 3.87. The molecule has 0 saturated carbocycles. The first-order chi connectivity index (χ1) is 9.46. The number of carbonyl (C=O) groups is 1. The van der Waals surface area contributed by atoms with E-state index in [9.17, 15) is 4.79 Å². The summed E-state index contributed by atoms with van der Waals surface area (Å²) in [6.07, 6.45) is 4.64. The third-order valence-electron chi connectivity index (χ3n) is 3.38. The van der Waals surface area contributed by atoms with Crippen LogP contribution in [0.4, 0.5) is 0 Å². The van der Waals surface area contributed by atoms with Gasteiger partial charge in [-0.05, 0) is 18.2 Å². The number of allylic oxidation sites excluding steroid dienone is 2. The Hall–Kier alpha value is -1.79. The maximum absolute atomic E-state index is 12.4. The SMILES string of the molecule is COC1(OC)C=CC(C(=O)c2ccccc2)=CC1(N)N. The summed E-state index contributed by atoms with van der Waals surface area (Å²) in [5.41, 5.74) is 11.6. The molecule has 0 atom stereocenters. The molecule has 0 unspecified atom stereocenters. The lowest BCUT2D eigenvalue weighted by atomic mass is 9.88. The summed E-state index contributed by atoms with van der Waals surface area (Å²) in [7, 11) is 2.89. The molecule has 1 aliphatic rings. The van der Waals surface area contributed by atoms with Gasteiger partial charge in [0.15, 0.2) is 5.78 Å². The van der Waals surface area contributed by atoms with Gasteiger partial charge in [0.05, 0.1) is 0 Å². The second-order valence-corrected chi connectivity index (χ2v) is 4.64. The zero-order valence-electron chi connectivity index (χ0n) is 11.5. The van der Waals surface area contributed by atoms with Crippen molar-refractivity contribution < 1.29 is 14.3 Å². The van der Waals surface area contributed by atoms with E-state index in [1.807, 2.05) is 6.07 Å². The second-order valence-electron chi connectivity index (χ2n) is 4.64. The molecule has 0 radical (unpaired) electrons. The van der Waals surface area contributed by atoms with Gasteiger partial charge in [0.1, 0.15) is 5.66 Å². The first-order valence-electron chi connectivity index (χ1n) is 6.15. The van der Waals surface area contributed by atoms with Crippen molar-refractivity contribution in [1.82, 2.24) is 0 Å². The molecule has 20 heavy (non-hydrogen) atoms. The highest BCUT2D eigenvalue weighted by Gasteiger charge is 2.47. The van der Waals surface area contributed by atoms with E-state index < -0.39 is 11.4 Å². The Balaban J connectivity index is 2.36.